The van der Waals surface area contributed by atoms with Crippen molar-refractivity contribution in [3.8, 4) is 5.69 Å². The molecule has 1 amide bonds. The molecule has 4 aromatic rings. The molecule has 3 heterocycles. The number of rotatable bonds is 8. The summed E-state index contributed by atoms with van der Waals surface area (Å²) >= 11 is 5.78. The maximum atomic E-state index is 12.9. The van der Waals surface area contributed by atoms with E-state index in [0.717, 1.165) is 22.6 Å². The summed E-state index contributed by atoms with van der Waals surface area (Å²) in [6.07, 6.45) is 3.90. The molecule has 0 spiro atoms. The fourth-order valence-electron chi connectivity index (χ4n) is 4.87. The van der Waals surface area contributed by atoms with Crippen LogP contribution in [0.3, 0.4) is 0 Å². The molecule has 1 aliphatic rings. The number of thiocarbonyl (C=S) groups is 1. The van der Waals surface area contributed by atoms with Crippen LogP contribution in [0, 0.1) is 6.92 Å². The monoisotopic (exact) mass is 539 g/mol. The quantitative estimate of drug-likeness (QED) is 0.241. The number of anilines is 1. The summed E-state index contributed by atoms with van der Waals surface area (Å²) in [5.74, 6) is -0.524. The van der Waals surface area contributed by atoms with Crippen molar-refractivity contribution in [1.82, 2.24) is 19.8 Å². The van der Waals surface area contributed by atoms with E-state index in [-0.39, 0.29) is 24.4 Å². The Morgan fingerprint density at radius 2 is 1.79 bits per heavy atom. The lowest BCUT2D eigenvalue weighted by atomic mass is 10.0. The van der Waals surface area contributed by atoms with Gasteiger partial charge in [-0.05, 0) is 67.7 Å². The molecule has 1 saturated heterocycles. The van der Waals surface area contributed by atoms with E-state index in [1.54, 1.807) is 18.3 Å². The number of methoxy groups -OCH3 is 1. The Kier molecular flexibility index (Phi) is 7.69. The fraction of sp³-hybridized carbons (Fsp3) is 0.200. The van der Waals surface area contributed by atoms with Crippen LogP contribution in [0.2, 0.25) is 0 Å². The lowest BCUT2D eigenvalue weighted by molar-refractivity contribution is -0.116. The Labute approximate surface area is 232 Å². The summed E-state index contributed by atoms with van der Waals surface area (Å²) < 4.78 is 7.01. The van der Waals surface area contributed by atoms with Gasteiger partial charge in [0.1, 0.15) is 0 Å². The third-order valence-electron chi connectivity index (χ3n) is 6.77. The van der Waals surface area contributed by atoms with Gasteiger partial charge in [0.25, 0.3) is 0 Å². The topological polar surface area (TPSA) is 88.5 Å². The molecule has 1 aliphatic heterocycles. The number of pyridine rings is 1. The largest absolute Gasteiger partial charge is 0.465 e. The van der Waals surface area contributed by atoms with Gasteiger partial charge in [-0.3, -0.25) is 9.78 Å². The summed E-state index contributed by atoms with van der Waals surface area (Å²) in [5, 5.41) is 6.92. The molecule has 2 aromatic heterocycles. The van der Waals surface area contributed by atoms with Gasteiger partial charge in [0, 0.05) is 36.7 Å². The van der Waals surface area contributed by atoms with Crippen LogP contribution in [0.5, 0.6) is 0 Å². The SMILES string of the molecule is COC(=O)c1ccccc1-n1cccc1[C@H]1[C@H](c2ccccn2)NC(=S)N1CCC(=O)Nc1ccc(C)cc1. The van der Waals surface area contributed by atoms with Gasteiger partial charge in [0.2, 0.25) is 5.91 Å². The van der Waals surface area contributed by atoms with Gasteiger partial charge in [-0.2, -0.15) is 0 Å². The van der Waals surface area contributed by atoms with Crippen LogP contribution in [0.15, 0.2) is 91.3 Å². The lowest BCUT2D eigenvalue weighted by Gasteiger charge is -2.29. The van der Waals surface area contributed by atoms with Crippen molar-refractivity contribution in [2.75, 3.05) is 19.0 Å². The molecule has 9 heteroatoms. The number of nitrogens with zero attached hydrogens (tertiary/aromatic N) is 3. The first kappa shape index (κ1) is 26.1. The minimum atomic E-state index is -0.420. The first-order chi connectivity index (χ1) is 19.0. The second-order valence-corrected chi connectivity index (χ2v) is 9.68. The molecule has 0 unspecified atom stereocenters. The highest BCUT2D eigenvalue weighted by molar-refractivity contribution is 7.80. The standard InChI is InChI=1S/C30H29N5O3S/c1-20-12-14-21(15-13-20)32-26(36)16-19-35-28(27(33-30(35)39)23-9-5-6-17-31-23)25-11-7-18-34(25)24-10-4-3-8-22(24)29(37)38-2/h3-15,17-18,27-28H,16,19H2,1-2H3,(H,32,36)(H,33,39)/t27-,28-/m0/s1. The van der Waals surface area contributed by atoms with Gasteiger partial charge in [0.05, 0.1) is 36.1 Å². The maximum Gasteiger partial charge on any atom is 0.339 e. The molecule has 2 atom stereocenters. The number of benzene rings is 2. The van der Waals surface area contributed by atoms with Gasteiger partial charge in [-0.1, -0.05) is 35.9 Å². The van der Waals surface area contributed by atoms with Crippen LogP contribution in [-0.4, -0.2) is 45.1 Å². The number of aromatic nitrogens is 2. The average Bonchev–Trinajstić information content (AvgIpc) is 3.57. The smallest absolute Gasteiger partial charge is 0.339 e. The van der Waals surface area contributed by atoms with E-state index in [4.69, 9.17) is 17.0 Å². The third kappa shape index (κ3) is 5.53. The van der Waals surface area contributed by atoms with Gasteiger partial charge >= 0.3 is 5.97 Å². The zero-order chi connectivity index (χ0) is 27.4. The number of ether oxygens (including phenoxy) is 1. The summed E-state index contributed by atoms with van der Waals surface area (Å²) in [5.41, 5.74) is 4.74. The van der Waals surface area contributed by atoms with Gasteiger partial charge in [-0.25, -0.2) is 4.79 Å². The summed E-state index contributed by atoms with van der Waals surface area (Å²) in [4.78, 5) is 32.1. The Morgan fingerprint density at radius 3 is 2.54 bits per heavy atom. The minimum Gasteiger partial charge on any atom is -0.465 e. The molecular formula is C30H29N5O3S. The summed E-state index contributed by atoms with van der Waals surface area (Å²) in [6.45, 7) is 2.39. The number of nitrogens with one attached hydrogen (secondary N) is 2. The molecule has 2 aromatic carbocycles. The highest BCUT2D eigenvalue weighted by Gasteiger charge is 2.41. The predicted molar refractivity (Wildman–Crippen MR) is 154 cm³/mol. The number of carbonyl (C=O) groups is 2. The minimum absolute atomic E-state index is 0.104. The Hall–Kier alpha value is -4.50. The molecular weight excluding hydrogens is 510 g/mol. The van der Waals surface area contributed by atoms with Crippen molar-refractivity contribution < 1.29 is 14.3 Å². The van der Waals surface area contributed by atoms with E-state index >= 15 is 0 Å². The Balaban J connectivity index is 1.48. The normalized spacial score (nSPS) is 16.6. The van der Waals surface area contributed by atoms with E-state index in [2.05, 4.69) is 15.6 Å². The van der Waals surface area contributed by atoms with Crippen molar-refractivity contribution in [3.63, 3.8) is 0 Å². The van der Waals surface area contributed by atoms with Crippen LogP contribution >= 0.6 is 12.2 Å². The summed E-state index contributed by atoms with van der Waals surface area (Å²) in [6, 6.07) is 24.2. The summed E-state index contributed by atoms with van der Waals surface area (Å²) in [7, 11) is 1.37. The number of carbonyl (C=O) groups excluding carboxylic acids is 2. The van der Waals surface area contributed by atoms with Crippen LogP contribution < -0.4 is 10.6 Å². The van der Waals surface area contributed by atoms with Crippen LogP contribution in [0.25, 0.3) is 5.69 Å². The molecule has 198 valence electrons. The second kappa shape index (κ2) is 11.5. The van der Waals surface area contributed by atoms with Crippen molar-refractivity contribution in [1.29, 1.82) is 0 Å². The Morgan fingerprint density at radius 1 is 1.03 bits per heavy atom. The van der Waals surface area contributed by atoms with E-state index in [1.165, 1.54) is 7.11 Å². The maximum absolute atomic E-state index is 12.9. The number of hydrogen-bond donors (Lipinski definition) is 2. The predicted octanol–water partition coefficient (Wildman–Crippen LogP) is 4.97. The molecule has 5 rings (SSSR count). The van der Waals surface area contributed by atoms with Crippen LogP contribution in [-0.2, 0) is 9.53 Å². The van der Waals surface area contributed by atoms with Gasteiger partial charge < -0.3 is 24.8 Å². The zero-order valence-corrected chi connectivity index (χ0v) is 22.5. The Bertz CT molecular complexity index is 1490. The average molecular weight is 540 g/mol. The second-order valence-electron chi connectivity index (χ2n) is 9.30. The molecule has 2 N–H and O–H groups in total. The molecule has 0 aliphatic carbocycles. The molecule has 0 saturated carbocycles. The van der Waals surface area contributed by atoms with E-state index in [0.29, 0.717) is 22.9 Å². The van der Waals surface area contributed by atoms with Gasteiger partial charge in [-0.15, -0.1) is 0 Å². The van der Waals surface area contributed by atoms with E-state index in [1.807, 2.05) is 89.3 Å². The number of aryl methyl sites for hydroxylation is 1. The number of hydrogen-bond acceptors (Lipinski definition) is 5. The number of amides is 1. The molecule has 1 fully saturated rings. The van der Waals surface area contributed by atoms with E-state index in [9.17, 15) is 9.59 Å². The van der Waals surface area contributed by atoms with Crippen LogP contribution in [0.1, 0.15) is 45.8 Å². The molecule has 0 radical (unpaired) electrons. The van der Waals surface area contributed by atoms with Gasteiger partial charge in [0.15, 0.2) is 5.11 Å². The fourth-order valence-corrected chi connectivity index (χ4v) is 5.20. The first-order valence-electron chi connectivity index (χ1n) is 12.7. The van der Waals surface area contributed by atoms with Crippen molar-refractivity contribution in [2.45, 2.75) is 25.4 Å². The van der Waals surface area contributed by atoms with Crippen molar-refractivity contribution >= 4 is 34.9 Å². The van der Waals surface area contributed by atoms with E-state index < -0.39 is 5.97 Å². The molecule has 0 bridgehead atoms. The molecule has 39 heavy (non-hydrogen) atoms. The zero-order valence-electron chi connectivity index (χ0n) is 21.7. The number of para-hydroxylation sites is 1. The highest BCUT2D eigenvalue weighted by Crippen LogP contribution is 2.40. The molecule has 8 nitrogen and oxygen atoms in total. The third-order valence-corrected chi connectivity index (χ3v) is 7.12. The first-order valence-corrected chi connectivity index (χ1v) is 13.1. The number of esters is 1. The van der Waals surface area contributed by atoms with Crippen LogP contribution in [0.4, 0.5) is 5.69 Å². The highest BCUT2D eigenvalue weighted by atomic mass is 32.1. The van der Waals surface area contributed by atoms with Crippen molar-refractivity contribution in [3.05, 3.63) is 114 Å². The lowest BCUT2D eigenvalue weighted by Crippen LogP contribution is -2.33. The van der Waals surface area contributed by atoms with Crippen molar-refractivity contribution in [2.24, 2.45) is 0 Å².